The van der Waals surface area contributed by atoms with E-state index in [0.29, 0.717) is 0 Å². The molecule has 1 atom stereocenters. The predicted octanol–water partition coefficient (Wildman–Crippen LogP) is 2.01. The SMILES string of the molecule is CC1N=C(N2CCNCC2)c2cscc2N1.Cl.Cl. The Morgan fingerprint density at radius 3 is 2.72 bits per heavy atom. The van der Waals surface area contributed by atoms with Crippen LogP contribution in [0.25, 0.3) is 0 Å². The highest BCUT2D eigenvalue weighted by molar-refractivity contribution is 7.08. The molecule has 7 heteroatoms. The summed E-state index contributed by atoms with van der Waals surface area (Å²) >= 11 is 1.74. The molecule has 2 aliphatic rings. The average Bonchev–Trinajstić information content (AvgIpc) is 2.77. The van der Waals surface area contributed by atoms with Crippen molar-refractivity contribution in [1.29, 1.82) is 0 Å². The molecule has 2 aliphatic heterocycles. The lowest BCUT2D eigenvalue weighted by atomic mass is 10.2. The maximum absolute atomic E-state index is 4.73. The van der Waals surface area contributed by atoms with Crippen LogP contribution in [0.5, 0.6) is 0 Å². The topological polar surface area (TPSA) is 39.7 Å². The van der Waals surface area contributed by atoms with E-state index in [-0.39, 0.29) is 31.0 Å². The minimum Gasteiger partial charge on any atom is -0.363 e. The van der Waals surface area contributed by atoms with Crippen molar-refractivity contribution in [1.82, 2.24) is 10.2 Å². The zero-order valence-electron chi connectivity index (χ0n) is 10.2. The number of halogens is 2. The van der Waals surface area contributed by atoms with Gasteiger partial charge in [0.2, 0.25) is 0 Å². The molecular formula is C11H18Cl2N4S. The number of anilines is 1. The molecule has 2 N–H and O–H groups in total. The Bertz CT molecular complexity index is 415. The summed E-state index contributed by atoms with van der Waals surface area (Å²) in [4.78, 5) is 7.12. The van der Waals surface area contributed by atoms with Gasteiger partial charge in [0.25, 0.3) is 0 Å². The molecule has 1 aromatic rings. The van der Waals surface area contributed by atoms with Gasteiger partial charge in [0, 0.05) is 36.9 Å². The normalized spacial score (nSPS) is 21.9. The molecular weight excluding hydrogens is 291 g/mol. The van der Waals surface area contributed by atoms with Crippen molar-refractivity contribution in [2.75, 3.05) is 31.5 Å². The van der Waals surface area contributed by atoms with E-state index in [2.05, 4.69) is 33.2 Å². The fourth-order valence-electron chi connectivity index (χ4n) is 2.22. The largest absolute Gasteiger partial charge is 0.363 e. The van der Waals surface area contributed by atoms with E-state index in [4.69, 9.17) is 4.99 Å². The lowest BCUT2D eigenvalue weighted by molar-refractivity contribution is 0.356. The standard InChI is InChI=1S/C11H16N4S.2ClH/c1-8-13-10-7-16-6-9(10)11(14-8)15-4-2-12-3-5-15;;/h6-8,12-13H,2-5H2,1H3;2*1H. The third kappa shape index (κ3) is 2.91. The van der Waals surface area contributed by atoms with Crippen LogP contribution >= 0.6 is 36.2 Å². The highest BCUT2D eigenvalue weighted by Crippen LogP contribution is 2.27. The van der Waals surface area contributed by atoms with E-state index in [1.165, 1.54) is 17.1 Å². The van der Waals surface area contributed by atoms with E-state index in [1.54, 1.807) is 11.3 Å². The summed E-state index contributed by atoms with van der Waals surface area (Å²) in [5.41, 5.74) is 2.51. The second-order valence-electron chi connectivity index (χ2n) is 4.21. The molecule has 1 saturated heterocycles. The van der Waals surface area contributed by atoms with Crippen molar-refractivity contribution >= 4 is 47.7 Å². The summed E-state index contributed by atoms with van der Waals surface area (Å²) in [6.07, 6.45) is 0.187. The monoisotopic (exact) mass is 308 g/mol. The second-order valence-corrected chi connectivity index (χ2v) is 4.95. The van der Waals surface area contributed by atoms with Crippen molar-refractivity contribution in [2.45, 2.75) is 13.1 Å². The zero-order valence-corrected chi connectivity index (χ0v) is 12.6. The fourth-order valence-corrected chi connectivity index (χ4v) is 2.99. The van der Waals surface area contributed by atoms with Crippen molar-refractivity contribution in [3.05, 3.63) is 16.3 Å². The van der Waals surface area contributed by atoms with Crippen LogP contribution in [0.15, 0.2) is 15.8 Å². The van der Waals surface area contributed by atoms with Crippen LogP contribution in [0.3, 0.4) is 0 Å². The van der Waals surface area contributed by atoms with Gasteiger partial charge < -0.3 is 15.5 Å². The number of amidine groups is 1. The minimum absolute atomic E-state index is 0. The van der Waals surface area contributed by atoms with E-state index in [9.17, 15) is 0 Å². The Kier molecular flexibility index (Phi) is 5.72. The highest BCUT2D eigenvalue weighted by atomic mass is 35.5. The number of piperazine rings is 1. The molecule has 0 amide bonds. The Labute approximate surface area is 124 Å². The Balaban J connectivity index is 0.000000810. The van der Waals surface area contributed by atoms with Crippen LogP contribution in [-0.4, -0.2) is 43.1 Å². The van der Waals surface area contributed by atoms with Crippen LogP contribution in [0.2, 0.25) is 0 Å². The van der Waals surface area contributed by atoms with Crippen LogP contribution < -0.4 is 10.6 Å². The first-order chi connectivity index (χ1) is 7.84. The van der Waals surface area contributed by atoms with Crippen LogP contribution in [0, 0.1) is 0 Å². The molecule has 1 fully saturated rings. The van der Waals surface area contributed by atoms with E-state index >= 15 is 0 Å². The summed E-state index contributed by atoms with van der Waals surface area (Å²) in [7, 11) is 0. The van der Waals surface area contributed by atoms with Gasteiger partial charge in [-0.25, -0.2) is 4.99 Å². The minimum atomic E-state index is 0. The molecule has 0 aliphatic carbocycles. The maximum atomic E-state index is 4.73. The predicted molar refractivity (Wildman–Crippen MR) is 82.9 cm³/mol. The van der Waals surface area contributed by atoms with Crippen molar-refractivity contribution in [2.24, 2.45) is 4.99 Å². The first-order valence-corrected chi connectivity index (χ1v) is 6.65. The first kappa shape index (κ1) is 15.6. The van der Waals surface area contributed by atoms with Gasteiger partial charge in [-0.2, -0.15) is 0 Å². The molecule has 0 saturated carbocycles. The van der Waals surface area contributed by atoms with Gasteiger partial charge in [-0.3, -0.25) is 0 Å². The van der Waals surface area contributed by atoms with Gasteiger partial charge in [0.1, 0.15) is 12.0 Å². The maximum Gasteiger partial charge on any atom is 0.136 e. The van der Waals surface area contributed by atoms with Gasteiger partial charge in [-0.1, -0.05) is 0 Å². The van der Waals surface area contributed by atoms with Crippen LogP contribution in [0.4, 0.5) is 5.69 Å². The van der Waals surface area contributed by atoms with E-state index in [1.807, 2.05) is 0 Å². The Morgan fingerprint density at radius 1 is 1.28 bits per heavy atom. The summed E-state index contributed by atoms with van der Waals surface area (Å²) in [6, 6.07) is 0. The first-order valence-electron chi connectivity index (χ1n) is 5.71. The molecule has 102 valence electrons. The summed E-state index contributed by atoms with van der Waals surface area (Å²) in [5.74, 6) is 1.17. The molecule has 0 aromatic carbocycles. The molecule has 1 aromatic heterocycles. The highest BCUT2D eigenvalue weighted by Gasteiger charge is 2.23. The number of hydrogen-bond donors (Lipinski definition) is 2. The fraction of sp³-hybridized carbons (Fsp3) is 0.545. The number of aliphatic imine (C=N–C) groups is 1. The second kappa shape index (κ2) is 6.61. The third-order valence-electron chi connectivity index (χ3n) is 3.00. The summed E-state index contributed by atoms with van der Waals surface area (Å²) in [5, 5.41) is 11.1. The Morgan fingerprint density at radius 2 is 2.00 bits per heavy atom. The Hall–Kier alpha value is -0.490. The van der Waals surface area contributed by atoms with E-state index in [0.717, 1.165) is 26.2 Å². The zero-order chi connectivity index (χ0) is 11.0. The van der Waals surface area contributed by atoms with Gasteiger partial charge in [-0.15, -0.1) is 36.2 Å². The molecule has 1 unspecified atom stereocenters. The van der Waals surface area contributed by atoms with Gasteiger partial charge in [-0.05, 0) is 6.92 Å². The number of hydrogen-bond acceptors (Lipinski definition) is 5. The molecule has 3 heterocycles. The molecule has 4 nitrogen and oxygen atoms in total. The number of nitrogens with zero attached hydrogens (tertiary/aromatic N) is 2. The summed E-state index contributed by atoms with van der Waals surface area (Å²) in [6.45, 7) is 6.32. The lowest BCUT2D eigenvalue weighted by Gasteiger charge is -2.33. The van der Waals surface area contributed by atoms with Crippen molar-refractivity contribution in [3.8, 4) is 0 Å². The third-order valence-corrected chi connectivity index (χ3v) is 3.74. The number of thiophene rings is 1. The molecule has 18 heavy (non-hydrogen) atoms. The number of fused-ring (bicyclic) bond motifs is 1. The number of rotatable bonds is 0. The molecule has 0 bridgehead atoms. The van der Waals surface area contributed by atoms with E-state index < -0.39 is 0 Å². The average molecular weight is 309 g/mol. The van der Waals surface area contributed by atoms with Gasteiger partial charge >= 0.3 is 0 Å². The lowest BCUT2D eigenvalue weighted by Crippen LogP contribution is -2.48. The van der Waals surface area contributed by atoms with Crippen LogP contribution in [0.1, 0.15) is 12.5 Å². The van der Waals surface area contributed by atoms with Gasteiger partial charge in [0.05, 0.1) is 11.3 Å². The van der Waals surface area contributed by atoms with Crippen LogP contribution in [-0.2, 0) is 0 Å². The number of nitrogens with one attached hydrogen (secondary N) is 2. The van der Waals surface area contributed by atoms with Crippen molar-refractivity contribution in [3.63, 3.8) is 0 Å². The summed E-state index contributed by atoms with van der Waals surface area (Å²) < 4.78 is 0. The molecule has 0 spiro atoms. The smallest absolute Gasteiger partial charge is 0.136 e. The van der Waals surface area contributed by atoms with Crippen molar-refractivity contribution < 1.29 is 0 Å². The quantitative estimate of drug-likeness (QED) is 0.770. The molecule has 3 rings (SSSR count). The van der Waals surface area contributed by atoms with Gasteiger partial charge in [0.15, 0.2) is 0 Å². The molecule has 0 radical (unpaired) electrons.